The van der Waals surface area contributed by atoms with E-state index < -0.39 is 0 Å². The highest BCUT2D eigenvalue weighted by molar-refractivity contribution is 5.86. The summed E-state index contributed by atoms with van der Waals surface area (Å²) in [4.78, 5) is 2.45. The molecule has 1 fully saturated rings. The summed E-state index contributed by atoms with van der Waals surface area (Å²) in [5.41, 5.74) is 1.26. The molecular formula is C17H22Cl2N2O. The second-order valence-corrected chi connectivity index (χ2v) is 5.26. The van der Waals surface area contributed by atoms with Crippen LogP contribution in [0.5, 0.6) is 5.75 Å². The van der Waals surface area contributed by atoms with Crippen LogP contribution < -0.4 is 5.32 Å². The molecule has 1 heterocycles. The average molecular weight is 341 g/mol. The first-order valence-corrected chi connectivity index (χ1v) is 7.08. The largest absolute Gasteiger partial charge is 0.508 e. The minimum atomic E-state index is 0. The number of benzene rings is 2. The first-order chi connectivity index (χ1) is 9.78. The third-order valence-corrected chi connectivity index (χ3v) is 3.96. The van der Waals surface area contributed by atoms with E-state index in [0.717, 1.165) is 37.0 Å². The van der Waals surface area contributed by atoms with Gasteiger partial charge in [-0.15, -0.1) is 31.4 Å². The number of nitrogens with zero attached hydrogens (tertiary/aromatic N) is 1. The molecule has 0 unspecified atom stereocenters. The number of rotatable bonds is 3. The molecule has 0 saturated carbocycles. The van der Waals surface area contributed by atoms with E-state index in [-0.39, 0.29) is 30.9 Å². The maximum absolute atomic E-state index is 9.53. The lowest BCUT2D eigenvalue weighted by molar-refractivity contribution is 0.203. The minimum absolute atomic E-state index is 0. The number of phenols is 1. The Kier molecular flexibility index (Phi) is 7.17. The monoisotopic (exact) mass is 340 g/mol. The smallest absolute Gasteiger partial charge is 0.116 e. The fraction of sp³-hybridized carbons (Fsp3) is 0.294. The fourth-order valence-electron chi connectivity index (χ4n) is 2.89. The van der Waals surface area contributed by atoms with Crippen molar-refractivity contribution in [3.63, 3.8) is 0 Å². The third-order valence-electron chi connectivity index (χ3n) is 3.96. The van der Waals surface area contributed by atoms with Crippen molar-refractivity contribution in [3.05, 3.63) is 54.6 Å². The lowest BCUT2D eigenvalue weighted by Crippen LogP contribution is -2.44. The van der Waals surface area contributed by atoms with E-state index >= 15 is 0 Å². The van der Waals surface area contributed by atoms with Crippen LogP contribution in [0.2, 0.25) is 0 Å². The molecule has 3 rings (SSSR count). The average Bonchev–Trinajstić information content (AvgIpc) is 2.49. The van der Waals surface area contributed by atoms with Crippen molar-refractivity contribution in [3.8, 4) is 5.75 Å². The summed E-state index contributed by atoms with van der Waals surface area (Å²) in [7, 11) is 0. The van der Waals surface area contributed by atoms with Crippen molar-refractivity contribution in [1.82, 2.24) is 10.2 Å². The van der Waals surface area contributed by atoms with Crippen LogP contribution in [0.25, 0.3) is 10.8 Å². The molecule has 0 amide bonds. The molecule has 120 valence electrons. The van der Waals surface area contributed by atoms with Crippen LogP contribution in [0.15, 0.2) is 49.1 Å². The molecule has 0 aliphatic carbocycles. The van der Waals surface area contributed by atoms with E-state index in [4.69, 9.17) is 0 Å². The number of piperazine rings is 1. The number of hydrogen-bond donors (Lipinski definition) is 2. The molecule has 0 spiro atoms. The van der Waals surface area contributed by atoms with E-state index in [0.29, 0.717) is 5.75 Å². The van der Waals surface area contributed by atoms with Gasteiger partial charge in [-0.1, -0.05) is 24.3 Å². The highest BCUT2D eigenvalue weighted by atomic mass is 35.5. The molecule has 0 aromatic heterocycles. The highest BCUT2D eigenvalue weighted by Gasteiger charge is 2.19. The number of nitrogens with one attached hydrogen (secondary N) is 1. The van der Waals surface area contributed by atoms with E-state index in [1.165, 1.54) is 5.56 Å². The van der Waals surface area contributed by atoms with Gasteiger partial charge in [0.15, 0.2) is 0 Å². The molecule has 1 atom stereocenters. The summed E-state index contributed by atoms with van der Waals surface area (Å²) in [6.45, 7) is 8.16. The van der Waals surface area contributed by atoms with Crippen LogP contribution >= 0.6 is 24.8 Å². The second-order valence-electron chi connectivity index (χ2n) is 5.26. The molecule has 2 aromatic rings. The molecule has 1 saturated heterocycles. The maximum atomic E-state index is 9.53. The van der Waals surface area contributed by atoms with Crippen LogP contribution in [0.1, 0.15) is 11.6 Å². The Bertz CT molecular complexity index is 627. The van der Waals surface area contributed by atoms with Gasteiger partial charge in [0.25, 0.3) is 0 Å². The molecule has 5 heteroatoms. The fourth-order valence-corrected chi connectivity index (χ4v) is 2.89. The van der Waals surface area contributed by atoms with E-state index in [1.54, 1.807) is 12.1 Å². The molecule has 2 N–H and O–H groups in total. The van der Waals surface area contributed by atoms with E-state index in [2.05, 4.69) is 35.0 Å². The van der Waals surface area contributed by atoms with Gasteiger partial charge in [-0.05, 0) is 34.5 Å². The zero-order valence-electron chi connectivity index (χ0n) is 12.4. The Morgan fingerprint density at radius 3 is 2.36 bits per heavy atom. The summed E-state index contributed by atoms with van der Waals surface area (Å²) in [5.74, 6) is 0.313. The lowest BCUT2D eigenvalue weighted by atomic mass is 10.00. The van der Waals surface area contributed by atoms with Gasteiger partial charge in [-0.25, -0.2) is 0 Å². The summed E-state index contributed by atoms with van der Waals surface area (Å²) in [6, 6.07) is 12.2. The predicted octanol–water partition coefficient (Wildman–Crippen LogP) is 3.52. The highest BCUT2D eigenvalue weighted by Crippen LogP contribution is 2.27. The third kappa shape index (κ3) is 3.93. The van der Waals surface area contributed by atoms with E-state index in [9.17, 15) is 5.11 Å². The number of aromatic hydroxyl groups is 1. The Balaban J connectivity index is 0.00000121. The summed E-state index contributed by atoms with van der Waals surface area (Å²) >= 11 is 0. The Hall–Kier alpha value is -1.26. The van der Waals surface area contributed by atoms with Crippen molar-refractivity contribution in [2.24, 2.45) is 0 Å². The van der Waals surface area contributed by atoms with E-state index in [1.807, 2.05) is 12.1 Å². The van der Waals surface area contributed by atoms with Crippen molar-refractivity contribution < 1.29 is 5.11 Å². The maximum Gasteiger partial charge on any atom is 0.116 e. The van der Waals surface area contributed by atoms with Crippen molar-refractivity contribution in [2.75, 3.05) is 26.2 Å². The molecule has 1 aliphatic rings. The number of hydrogen-bond acceptors (Lipinski definition) is 3. The number of phenolic OH excluding ortho intramolecular Hbond substituents is 1. The van der Waals surface area contributed by atoms with Gasteiger partial charge in [0.05, 0.1) is 6.04 Å². The van der Waals surface area contributed by atoms with Crippen LogP contribution in [-0.4, -0.2) is 36.2 Å². The molecule has 1 aliphatic heterocycles. The van der Waals surface area contributed by atoms with Crippen molar-refractivity contribution in [1.29, 1.82) is 0 Å². The minimum Gasteiger partial charge on any atom is -0.508 e. The van der Waals surface area contributed by atoms with Crippen LogP contribution in [0, 0.1) is 0 Å². The molecular weight excluding hydrogens is 319 g/mol. The van der Waals surface area contributed by atoms with Crippen molar-refractivity contribution >= 4 is 35.6 Å². The van der Waals surface area contributed by atoms with Gasteiger partial charge in [0, 0.05) is 26.2 Å². The quantitative estimate of drug-likeness (QED) is 0.839. The second kappa shape index (κ2) is 8.39. The Morgan fingerprint density at radius 1 is 1.05 bits per heavy atom. The zero-order valence-corrected chi connectivity index (χ0v) is 14.0. The number of halogens is 2. The van der Waals surface area contributed by atoms with Gasteiger partial charge in [0.1, 0.15) is 5.75 Å². The first-order valence-electron chi connectivity index (χ1n) is 7.08. The van der Waals surface area contributed by atoms with Crippen LogP contribution in [0.4, 0.5) is 0 Å². The first kappa shape index (κ1) is 18.8. The summed E-state index contributed by atoms with van der Waals surface area (Å²) < 4.78 is 0. The molecule has 3 nitrogen and oxygen atoms in total. The van der Waals surface area contributed by atoms with Gasteiger partial charge in [0.2, 0.25) is 0 Å². The molecule has 0 radical (unpaired) electrons. The summed E-state index contributed by atoms with van der Waals surface area (Å²) in [6.07, 6.45) is 2.02. The number of fused-ring (bicyclic) bond motifs is 1. The Labute approximate surface area is 143 Å². The molecule has 2 aromatic carbocycles. The van der Waals surface area contributed by atoms with Gasteiger partial charge in [-0.2, -0.15) is 0 Å². The zero-order chi connectivity index (χ0) is 13.9. The van der Waals surface area contributed by atoms with Crippen LogP contribution in [0.3, 0.4) is 0 Å². The molecule has 22 heavy (non-hydrogen) atoms. The van der Waals surface area contributed by atoms with Gasteiger partial charge < -0.3 is 10.4 Å². The topological polar surface area (TPSA) is 35.5 Å². The normalized spacial score (nSPS) is 16.4. The molecule has 0 bridgehead atoms. The van der Waals surface area contributed by atoms with Gasteiger partial charge in [-0.3, -0.25) is 4.90 Å². The van der Waals surface area contributed by atoms with Gasteiger partial charge >= 0.3 is 0 Å². The summed E-state index contributed by atoms with van der Waals surface area (Å²) in [5, 5.41) is 15.1. The van der Waals surface area contributed by atoms with Crippen LogP contribution in [-0.2, 0) is 0 Å². The lowest BCUT2D eigenvalue weighted by Gasteiger charge is -2.33. The predicted molar refractivity (Wildman–Crippen MR) is 97.5 cm³/mol. The standard InChI is InChI=1S/C17H20N2O.2ClH/c1-2-17(19-9-7-18-8-10-19)15-4-3-14-12-16(20)6-5-13(14)11-15;;/h2-6,11-12,17-18,20H,1,7-10H2;2*1H/t17-;;/m0../s1. The Morgan fingerprint density at radius 2 is 1.68 bits per heavy atom. The SMILES string of the molecule is C=C[C@@H](c1ccc2cc(O)ccc2c1)N1CCNCC1.Cl.Cl. The van der Waals surface area contributed by atoms with Crippen molar-refractivity contribution in [2.45, 2.75) is 6.04 Å².